The van der Waals surface area contributed by atoms with Crippen molar-refractivity contribution in [3.05, 3.63) is 0 Å². The Morgan fingerprint density at radius 1 is 1.56 bits per heavy atom. The van der Waals surface area contributed by atoms with Crippen LogP contribution < -0.4 is 5.32 Å². The van der Waals surface area contributed by atoms with Gasteiger partial charge < -0.3 is 10.2 Å². The van der Waals surface area contributed by atoms with Crippen molar-refractivity contribution < 1.29 is 4.79 Å². The van der Waals surface area contributed by atoms with Crippen LogP contribution in [0.15, 0.2) is 0 Å². The van der Waals surface area contributed by atoms with Crippen molar-refractivity contribution in [2.24, 2.45) is 0 Å². The second kappa shape index (κ2) is 7.54. The first-order valence-electron chi connectivity index (χ1n) is 5.77. The fourth-order valence-electron chi connectivity index (χ4n) is 1.67. The molecule has 4 heteroatoms. The lowest BCUT2D eigenvalue weighted by molar-refractivity contribution is -0.128. The first-order valence-corrected chi connectivity index (χ1v) is 6.31. The SMILES string of the molecule is CC1CCC(=O)N1CC#CCNCCCCl. The van der Waals surface area contributed by atoms with Crippen LogP contribution in [0.1, 0.15) is 26.2 Å². The van der Waals surface area contributed by atoms with Crippen LogP contribution in [0.25, 0.3) is 0 Å². The summed E-state index contributed by atoms with van der Waals surface area (Å²) < 4.78 is 0. The fraction of sp³-hybridized carbons (Fsp3) is 0.750. The predicted octanol–water partition coefficient (Wildman–Crippen LogP) is 1.22. The molecule has 1 N–H and O–H groups in total. The number of halogens is 1. The summed E-state index contributed by atoms with van der Waals surface area (Å²) in [6.45, 7) is 4.22. The monoisotopic (exact) mass is 242 g/mol. The van der Waals surface area contributed by atoms with E-state index in [2.05, 4.69) is 24.1 Å². The average molecular weight is 243 g/mol. The molecule has 1 amide bonds. The van der Waals surface area contributed by atoms with E-state index in [-0.39, 0.29) is 5.91 Å². The van der Waals surface area contributed by atoms with Crippen molar-refractivity contribution in [3.63, 3.8) is 0 Å². The Kier molecular flexibility index (Phi) is 6.29. The Hall–Kier alpha value is -0.720. The Balaban J connectivity index is 2.14. The summed E-state index contributed by atoms with van der Waals surface area (Å²) in [7, 11) is 0. The van der Waals surface area contributed by atoms with Gasteiger partial charge in [-0.2, -0.15) is 0 Å². The van der Waals surface area contributed by atoms with Crippen LogP contribution in [0.2, 0.25) is 0 Å². The molecule has 90 valence electrons. The number of hydrogen-bond acceptors (Lipinski definition) is 2. The number of likely N-dealkylation sites (tertiary alicyclic amines) is 1. The molecule has 0 aliphatic carbocycles. The van der Waals surface area contributed by atoms with Crippen LogP contribution >= 0.6 is 11.6 Å². The minimum absolute atomic E-state index is 0.233. The lowest BCUT2D eigenvalue weighted by atomic mass is 10.2. The van der Waals surface area contributed by atoms with Crippen LogP contribution in [0, 0.1) is 11.8 Å². The molecular weight excluding hydrogens is 224 g/mol. The summed E-state index contributed by atoms with van der Waals surface area (Å²) in [4.78, 5) is 13.3. The van der Waals surface area contributed by atoms with Gasteiger partial charge in [0.05, 0.1) is 13.1 Å². The van der Waals surface area contributed by atoms with E-state index in [1.54, 1.807) is 0 Å². The second-order valence-electron chi connectivity index (χ2n) is 3.98. The number of carbonyl (C=O) groups excluding carboxylic acids is 1. The summed E-state index contributed by atoms with van der Waals surface area (Å²) >= 11 is 5.54. The lowest BCUT2D eigenvalue weighted by Crippen LogP contribution is -2.31. The Bertz CT molecular complexity index is 282. The average Bonchev–Trinajstić information content (AvgIpc) is 2.59. The minimum Gasteiger partial charge on any atom is -0.329 e. The Labute approximate surface area is 103 Å². The molecule has 0 aromatic rings. The highest BCUT2D eigenvalue weighted by atomic mass is 35.5. The van der Waals surface area contributed by atoms with E-state index in [0.717, 1.165) is 19.4 Å². The van der Waals surface area contributed by atoms with Gasteiger partial charge in [0, 0.05) is 18.3 Å². The zero-order valence-corrected chi connectivity index (χ0v) is 10.5. The van der Waals surface area contributed by atoms with Crippen molar-refractivity contribution in [3.8, 4) is 11.8 Å². The molecule has 0 bridgehead atoms. The number of rotatable bonds is 5. The molecule has 0 saturated carbocycles. The molecule has 1 atom stereocenters. The molecule has 1 fully saturated rings. The molecule has 0 aromatic heterocycles. The van der Waals surface area contributed by atoms with Gasteiger partial charge in [0.1, 0.15) is 0 Å². The second-order valence-corrected chi connectivity index (χ2v) is 4.36. The third-order valence-corrected chi connectivity index (χ3v) is 2.97. The van der Waals surface area contributed by atoms with E-state index >= 15 is 0 Å². The van der Waals surface area contributed by atoms with Gasteiger partial charge in [-0.25, -0.2) is 0 Å². The number of carbonyl (C=O) groups is 1. The topological polar surface area (TPSA) is 32.3 Å². The van der Waals surface area contributed by atoms with E-state index in [0.29, 0.717) is 31.4 Å². The summed E-state index contributed by atoms with van der Waals surface area (Å²) in [5, 5.41) is 3.17. The van der Waals surface area contributed by atoms with Crippen LogP contribution in [0.5, 0.6) is 0 Å². The summed E-state index contributed by atoms with van der Waals surface area (Å²) in [5.74, 6) is 6.95. The number of hydrogen-bond donors (Lipinski definition) is 1. The molecule has 3 nitrogen and oxygen atoms in total. The molecule has 1 heterocycles. The van der Waals surface area contributed by atoms with Crippen molar-refractivity contribution in [2.45, 2.75) is 32.2 Å². The van der Waals surface area contributed by atoms with Gasteiger partial charge in [0.25, 0.3) is 0 Å². The molecule has 1 rings (SSSR count). The smallest absolute Gasteiger partial charge is 0.223 e. The molecular formula is C12H19ClN2O. The quantitative estimate of drug-likeness (QED) is 0.447. The van der Waals surface area contributed by atoms with Gasteiger partial charge in [-0.15, -0.1) is 11.6 Å². The van der Waals surface area contributed by atoms with Crippen LogP contribution in [0.3, 0.4) is 0 Å². The highest BCUT2D eigenvalue weighted by molar-refractivity contribution is 6.17. The van der Waals surface area contributed by atoms with Crippen LogP contribution in [-0.2, 0) is 4.79 Å². The zero-order chi connectivity index (χ0) is 11.8. The largest absolute Gasteiger partial charge is 0.329 e. The minimum atomic E-state index is 0.233. The highest BCUT2D eigenvalue weighted by Crippen LogP contribution is 2.16. The maximum atomic E-state index is 11.4. The van der Waals surface area contributed by atoms with Crippen molar-refractivity contribution in [1.29, 1.82) is 0 Å². The number of alkyl halides is 1. The maximum absolute atomic E-state index is 11.4. The van der Waals surface area contributed by atoms with Crippen molar-refractivity contribution in [2.75, 3.05) is 25.5 Å². The van der Waals surface area contributed by atoms with Gasteiger partial charge in [-0.1, -0.05) is 11.8 Å². The van der Waals surface area contributed by atoms with E-state index in [1.807, 2.05) is 4.90 Å². The molecule has 1 aliphatic heterocycles. The molecule has 0 aromatic carbocycles. The fourth-order valence-corrected chi connectivity index (χ4v) is 1.80. The van der Waals surface area contributed by atoms with Crippen LogP contribution in [-0.4, -0.2) is 42.4 Å². The van der Waals surface area contributed by atoms with E-state index in [9.17, 15) is 4.79 Å². The van der Waals surface area contributed by atoms with Gasteiger partial charge in [0.15, 0.2) is 0 Å². The van der Waals surface area contributed by atoms with Crippen molar-refractivity contribution in [1.82, 2.24) is 10.2 Å². The third kappa shape index (κ3) is 4.42. The van der Waals surface area contributed by atoms with E-state index in [4.69, 9.17) is 11.6 Å². The number of nitrogens with zero attached hydrogens (tertiary/aromatic N) is 1. The standard InChI is InChI=1S/C12H19ClN2O/c1-11-5-6-12(16)15(11)10-3-2-8-14-9-4-7-13/h11,14H,4-10H2,1H3. The third-order valence-electron chi connectivity index (χ3n) is 2.70. The number of nitrogens with one attached hydrogen (secondary N) is 1. The first-order chi connectivity index (χ1) is 7.75. The molecule has 16 heavy (non-hydrogen) atoms. The van der Waals surface area contributed by atoms with Gasteiger partial charge in [-0.05, 0) is 26.3 Å². The highest BCUT2D eigenvalue weighted by Gasteiger charge is 2.26. The van der Waals surface area contributed by atoms with Gasteiger partial charge >= 0.3 is 0 Å². The Morgan fingerprint density at radius 2 is 2.38 bits per heavy atom. The van der Waals surface area contributed by atoms with Crippen LogP contribution in [0.4, 0.5) is 0 Å². The first kappa shape index (κ1) is 13.3. The molecule has 1 aliphatic rings. The summed E-state index contributed by atoms with van der Waals surface area (Å²) in [5.41, 5.74) is 0. The maximum Gasteiger partial charge on any atom is 0.223 e. The van der Waals surface area contributed by atoms with E-state index in [1.165, 1.54) is 0 Å². The van der Waals surface area contributed by atoms with E-state index < -0.39 is 0 Å². The molecule has 0 radical (unpaired) electrons. The lowest BCUT2D eigenvalue weighted by Gasteiger charge is -2.17. The molecule has 0 spiro atoms. The van der Waals surface area contributed by atoms with Gasteiger partial charge in [0.2, 0.25) is 5.91 Å². The normalized spacial score (nSPS) is 19.8. The molecule has 1 saturated heterocycles. The zero-order valence-electron chi connectivity index (χ0n) is 9.76. The van der Waals surface area contributed by atoms with Gasteiger partial charge in [-0.3, -0.25) is 4.79 Å². The Morgan fingerprint density at radius 3 is 3.00 bits per heavy atom. The number of amides is 1. The molecule has 1 unspecified atom stereocenters. The van der Waals surface area contributed by atoms with Crippen molar-refractivity contribution >= 4 is 17.5 Å². The summed E-state index contributed by atoms with van der Waals surface area (Å²) in [6, 6.07) is 0.353. The predicted molar refractivity (Wildman–Crippen MR) is 66.4 cm³/mol. The summed E-state index contributed by atoms with van der Waals surface area (Å²) in [6.07, 6.45) is 2.61.